The van der Waals surface area contributed by atoms with Gasteiger partial charge >= 0.3 is 0 Å². The molecule has 0 aromatic heterocycles. The van der Waals surface area contributed by atoms with Crippen molar-refractivity contribution in [3.05, 3.63) is 88.4 Å². The van der Waals surface area contributed by atoms with Crippen molar-refractivity contribution in [3.63, 3.8) is 0 Å². The zero-order valence-electron chi connectivity index (χ0n) is 18.9. The number of ether oxygens (including phenoxy) is 3. The molecule has 0 radical (unpaired) electrons. The molecule has 182 valence electrons. The summed E-state index contributed by atoms with van der Waals surface area (Å²) in [6, 6.07) is 21.9. The quantitative estimate of drug-likeness (QED) is 0.272. The first-order valence-electron chi connectivity index (χ1n) is 10.6. The zero-order chi connectivity index (χ0) is 25.0. The SMILES string of the molecule is COc1ccccc1OCC(=O)NNC(=S)NC(=O)c1ccc(OCCc2ccccc2)c(Br)c1. The van der Waals surface area contributed by atoms with Crippen molar-refractivity contribution in [1.82, 2.24) is 16.2 Å². The van der Waals surface area contributed by atoms with Crippen LogP contribution in [0.25, 0.3) is 0 Å². The minimum atomic E-state index is -0.493. The Morgan fingerprint density at radius 3 is 2.31 bits per heavy atom. The number of carbonyl (C=O) groups excluding carboxylic acids is 2. The number of halogens is 1. The van der Waals surface area contributed by atoms with Crippen molar-refractivity contribution in [2.45, 2.75) is 6.42 Å². The first-order chi connectivity index (χ1) is 17.0. The molecular formula is C25H24BrN3O5S. The van der Waals surface area contributed by atoms with Crippen LogP contribution in [0.1, 0.15) is 15.9 Å². The molecule has 0 spiro atoms. The van der Waals surface area contributed by atoms with Gasteiger partial charge < -0.3 is 14.2 Å². The number of benzene rings is 3. The smallest absolute Gasteiger partial charge is 0.276 e. The summed E-state index contributed by atoms with van der Waals surface area (Å²) in [5.74, 6) is 0.625. The average molecular weight is 558 g/mol. The summed E-state index contributed by atoms with van der Waals surface area (Å²) in [4.78, 5) is 24.5. The molecule has 3 N–H and O–H groups in total. The second-order valence-corrected chi connectivity index (χ2v) is 8.39. The Kier molecular flexibility index (Phi) is 9.88. The van der Waals surface area contributed by atoms with Gasteiger partial charge in [-0.1, -0.05) is 42.5 Å². The first kappa shape index (κ1) is 26.0. The molecule has 0 atom stereocenters. The fraction of sp³-hybridized carbons (Fsp3) is 0.160. The number of nitrogens with one attached hydrogen (secondary N) is 3. The molecule has 0 saturated carbocycles. The number of carbonyl (C=O) groups is 2. The summed E-state index contributed by atoms with van der Waals surface area (Å²) in [7, 11) is 1.51. The lowest BCUT2D eigenvalue weighted by atomic mass is 10.2. The van der Waals surface area contributed by atoms with Crippen molar-refractivity contribution in [1.29, 1.82) is 0 Å². The zero-order valence-corrected chi connectivity index (χ0v) is 21.3. The summed E-state index contributed by atoms with van der Waals surface area (Å²) in [6.45, 7) is 0.227. The molecule has 35 heavy (non-hydrogen) atoms. The third kappa shape index (κ3) is 8.27. The summed E-state index contributed by atoms with van der Waals surface area (Å²) >= 11 is 8.50. The monoisotopic (exact) mass is 557 g/mol. The number of rotatable bonds is 9. The fourth-order valence-electron chi connectivity index (χ4n) is 2.93. The molecule has 0 aliphatic rings. The van der Waals surface area contributed by atoms with E-state index in [0.29, 0.717) is 33.9 Å². The lowest BCUT2D eigenvalue weighted by Crippen LogP contribution is -2.49. The highest BCUT2D eigenvalue weighted by Gasteiger charge is 2.12. The third-order valence-electron chi connectivity index (χ3n) is 4.66. The fourth-order valence-corrected chi connectivity index (χ4v) is 3.57. The predicted molar refractivity (Wildman–Crippen MR) is 140 cm³/mol. The number of para-hydroxylation sites is 2. The van der Waals surface area contributed by atoms with Crippen molar-refractivity contribution >= 4 is 45.1 Å². The molecular weight excluding hydrogens is 534 g/mol. The van der Waals surface area contributed by atoms with E-state index in [1.54, 1.807) is 42.5 Å². The molecule has 10 heteroatoms. The summed E-state index contributed by atoms with van der Waals surface area (Å²) in [5, 5.41) is 2.43. The van der Waals surface area contributed by atoms with Gasteiger partial charge in [0.05, 0.1) is 18.2 Å². The van der Waals surface area contributed by atoms with Gasteiger partial charge in [-0.3, -0.25) is 25.8 Å². The van der Waals surface area contributed by atoms with E-state index in [0.717, 1.165) is 6.42 Å². The molecule has 0 aliphatic carbocycles. The van der Waals surface area contributed by atoms with E-state index in [2.05, 4.69) is 32.1 Å². The Balaban J connectivity index is 1.41. The summed E-state index contributed by atoms with van der Waals surface area (Å²) in [6.07, 6.45) is 0.769. The van der Waals surface area contributed by atoms with Crippen LogP contribution >= 0.6 is 28.1 Å². The van der Waals surface area contributed by atoms with E-state index < -0.39 is 11.8 Å². The molecule has 0 fully saturated rings. The Labute approximate surface area is 217 Å². The van der Waals surface area contributed by atoms with E-state index in [4.69, 9.17) is 26.4 Å². The van der Waals surface area contributed by atoms with E-state index in [1.807, 2.05) is 30.3 Å². The van der Waals surface area contributed by atoms with Gasteiger partial charge in [0, 0.05) is 12.0 Å². The maximum absolute atomic E-state index is 12.5. The van der Waals surface area contributed by atoms with Gasteiger partial charge in [-0.25, -0.2) is 0 Å². The number of hydrogen-bond acceptors (Lipinski definition) is 6. The molecule has 3 rings (SSSR count). The standard InChI is InChI=1S/C25H24BrN3O5S/c1-32-21-9-5-6-10-22(21)34-16-23(30)28-29-25(35)27-24(31)18-11-12-20(19(26)15-18)33-14-13-17-7-3-2-4-8-17/h2-12,15H,13-14,16H2,1H3,(H,28,30)(H2,27,29,31,35). The number of thiocarbonyl (C=S) groups is 1. The average Bonchev–Trinajstić information content (AvgIpc) is 2.87. The van der Waals surface area contributed by atoms with Gasteiger partial charge in [-0.05, 0) is 64.0 Å². The highest BCUT2D eigenvalue weighted by Crippen LogP contribution is 2.26. The molecule has 0 bridgehead atoms. The van der Waals surface area contributed by atoms with Crippen molar-refractivity contribution in [2.24, 2.45) is 0 Å². The van der Waals surface area contributed by atoms with Crippen LogP contribution in [0.4, 0.5) is 0 Å². The van der Waals surface area contributed by atoms with E-state index in [9.17, 15) is 9.59 Å². The molecule has 8 nitrogen and oxygen atoms in total. The second kappa shape index (κ2) is 13.3. The number of amides is 2. The molecule has 3 aromatic rings. The van der Waals surface area contributed by atoms with Crippen LogP contribution in [0.3, 0.4) is 0 Å². The maximum Gasteiger partial charge on any atom is 0.276 e. The van der Waals surface area contributed by atoms with Crippen LogP contribution in [0.5, 0.6) is 17.2 Å². The predicted octanol–water partition coefficient (Wildman–Crippen LogP) is 3.79. The highest BCUT2D eigenvalue weighted by molar-refractivity contribution is 9.10. The van der Waals surface area contributed by atoms with E-state index in [-0.39, 0.29) is 11.7 Å². The van der Waals surface area contributed by atoms with Gasteiger partial charge in [-0.2, -0.15) is 0 Å². The molecule has 0 unspecified atom stereocenters. The van der Waals surface area contributed by atoms with Crippen molar-refractivity contribution in [3.8, 4) is 17.2 Å². The van der Waals surface area contributed by atoms with Crippen LogP contribution < -0.4 is 30.4 Å². The van der Waals surface area contributed by atoms with E-state index >= 15 is 0 Å². The van der Waals surface area contributed by atoms with Crippen LogP contribution in [0.15, 0.2) is 77.3 Å². The Morgan fingerprint density at radius 2 is 1.60 bits per heavy atom. The molecule has 0 aliphatic heterocycles. The molecule has 0 heterocycles. The topological polar surface area (TPSA) is 97.9 Å². The minimum Gasteiger partial charge on any atom is -0.493 e. The third-order valence-corrected chi connectivity index (χ3v) is 5.48. The lowest BCUT2D eigenvalue weighted by molar-refractivity contribution is -0.123. The second-order valence-electron chi connectivity index (χ2n) is 7.13. The van der Waals surface area contributed by atoms with Gasteiger partial charge in [0.15, 0.2) is 23.2 Å². The van der Waals surface area contributed by atoms with Crippen molar-refractivity contribution < 1.29 is 23.8 Å². The summed E-state index contributed by atoms with van der Waals surface area (Å²) in [5.41, 5.74) is 6.38. The highest BCUT2D eigenvalue weighted by atomic mass is 79.9. The Morgan fingerprint density at radius 1 is 0.886 bits per heavy atom. The van der Waals surface area contributed by atoms with Crippen LogP contribution in [0, 0.1) is 0 Å². The van der Waals surface area contributed by atoms with Gasteiger partial charge in [-0.15, -0.1) is 0 Å². The maximum atomic E-state index is 12.5. The van der Waals surface area contributed by atoms with Crippen LogP contribution in [0.2, 0.25) is 0 Å². The number of methoxy groups -OCH3 is 1. The van der Waals surface area contributed by atoms with Crippen LogP contribution in [-0.4, -0.2) is 37.3 Å². The molecule has 2 amide bonds. The van der Waals surface area contributed by atoms with Gasteiger partial charge in [0.2, 0.25) is 0 Å². The Hall–Kier alpha value is -3.63. The summed E-state index contributed by atoms with van der Waals surface area (Å²) < 4.78 is 17.0. The lowest BCUT2D eigenvalue weighted by Gasteiger charge is -2.13. The van der Waals surface area contributed by atoms with Gasteiger partial charge in [0.25, 0.3) is 11.8 Å². The largest absolute Gasteiger partial charge is 0.493 e. The van der Waals surface area contributed by atoms with E-state index in [1.165, 1.54) is 12.7 Å². The first-order valence-corrected chi connectivity index (χ1v) is 11.8. The molecule has 0 saturated heterocycles. The normalized spacial score (nSPS) is 10.1. The Bertz CT molecular complexity index is 1180. The van der Waals surface area contributed by atoms with Crippen LogP contribution in [-0.2, 0) is 11.2 Å². The van der Waals surface area contributed by atoms with Crippen molar-refractivity contribution in [2.75, 3.05) is 20.3 Å². The number of hydrogen-bond donors (Lipinski definition) is 3. The molecule has 3 aromatic carbocycles. The minimum absolute atomic E-state index is 0.0695. The van der Waals surface area contributed by atoms with Gasteiger partial charge in [0.1, 0.15) is 5.75 Å². The number of hydrazine groups is 1.